The van der Waals surface area contributed by atoms with Crippen LogP contribution in [-0.2, 0) is 13.2 Å². The van der Waals surface area contributed by atoms with E-state index in [1.165, 1.54) is 4.68 Å². The molecule has 2 aromatic rings. The van der Waals surface area contributed by atoms with Crippen LogP contribution in [0.4, 0.5) is 0 Å². The van der Waals surface area contributed by atoms with Crippen LogP contribution < -0.4 is 0 Å². The quantitative estimate of drug-likeness (QED) is 0.785. The van der Waals surface area contributed by atoms with E-state index >= 15 is 0 Å². The van der Waals surface area contributed by atoms with Gasteiger partial charge in [-0.15, -0.1) is 5.10 Å². The average molecular weight is 219 g/mol. The number of benzene rings is 1. The Labute approximate surface area is 93.0 Å². The van der Waals surface area contributed by atoms with Gasteiger partial charge in [0.2, 0.25) is 0 Å². The van der Waals surface area contributed by atoms with E-state index in [-0.39, 0.29) is 6.61 Å². The molecule has 0 saturated heterocycles. The topological polar surface area (TPSA) is 71.2 Å². The number of nitrogens with zero attached hydrogens (tertiary/aromatic N) is 3. The van der Waals surface area contributed by atoms with Crippen LogP contribution in [0.5, 0.6) is 0 Å². The fourth-order valence-corrected chi connectivity index (χ4v) is 1.46. The van der Waals surface area contributed by atoms with Crippen molar-refractivity contribution < 1.29 is 10.2 Å². The second-order valence-corrected chi connectivity index (χ2v) is 3.52. The molecule has 1 aromatic carbocycles. The average Bonchev–Trinajstić information content (AvgIpc) is 2.78. The summed E-state index contributed by atoms with van der Waals surface area (Å²) in [6.07, 6.45) is 1.00. The highest BCUT2D eigenvalue weighted by atomic mass is 16.3. The lowest BCUT2D eigenvalue weighted by Crippen LogP contribution is -2.09. The van der Waals surface area contributed by atoms with Gasteiger partial charge >= 0.3 is 0 Å². The second-order valence-electron chi connectivity index (χ2n) is 3.52. The zero-order chi connectivity index (χ0) is 11.4. The number of aromatic nitrogens is 3. The number of hydrogen-bond acceptors (Lipinski definition) is 4. The van der Waals surface area contributed by atoms with Crippen LogP contribution >= 0.6 is 0 Å². The van der Waals surface area contributed by atoms with Gasteiger partial charge in [-0.25, -0.2) is 4.68 Å². The van der Waals surface area contributed by atoms with Crippen LogP contribution in [0.3, 0.4) is 0 Å². The third-order valence-corrected chi connectivity index (χ3v) is 2.29. The van der Waals surface area contributed by atoms with Crippen molar-refractivity contribution in [2.75, 3.05) is 0 Å². The van der Waals surface area contributed by atoms with E-state index in [1.54, 1.807) is 6.20 Å². The monoisotopic (exact) mass is 219 g/mol. The van der Waals surface area contributed by atoms with Crippen molar-refractivity contribution in [3.05, 3.63) is 47.8 Å². The molecule has 2 rings (SSSR count). The second kappa shape index (κ2) is 4.87. The van der Waals surface area contributed by atoms with Gasteiger partial charge in [0.1, 0.15) is 5.69 Å². The summed E-state index contributed by atoms with van der Waals surface area (Å²) in [6, 6.07) is 9.36. The first-order chi connectivity index (χ1) is 7.79. The first-order valence-corrected chi connectivity index (χ1v) is 5.02. The van der Waals surface area contributed by atoms with E-state index in [2.05, 4.69) is 10.3 Å². The Morgan fingerprint density at radius 3 is 2.62 bits per heavy atom. The summed E-state index contributed by atoms with van der Waals surface area (Å²) >= 11 is 0. The highest BCUT2D eigenvalue weighted by Gasteiger charge is 2.09. The predicted octanol–water partition coefficient (Wildman–Crippen LogP) is 0.504. The Bertz CT molecular complexity index is 442. The summed E-state index contributed by atoms with van der Waals surface area (Å²) in [5.41, 5.74) is 1.34. The van der Waals surface area contributed by atoms with Gasteiger partial charge in [-0.3, -0.25) is 0 Å². The molecule has 1 atom stereocenters. The molecule has 0 bridgehead atoms. The highest BCUT2D eigenvalue weighted by molar-refractivity contribution is 5.17. The van der Waals surface area contributed by atoms with E-state index in [9.17, 15) is 5.11 Å². The molecule has 0 amide bonds. The zero-order valence-corrected chi connectivity index (χ0v) is 8.69. The van der Waals surface area contributed by atoms with Crippen molar-refractivity contribution in [3.63, 3.8) is 0 Å². The summed E-state index contributed by atoms with van der Waals surface area (Å²) in [5, 5.41) is 26.3. The molecular weight excluding hydrogens is 206 g/mol. The minimum Gasteiger partial charge on any atom is -0.390 e. The zero-order valence-electron chi connectivity index (χ0n) is 8.69. The normalized spacial score (nSPS) is 12.6. The maximum Gasteiger partial charge on any atom is 0.108 e. The van der Waals surface area contributed by atoms with Crippen LogP contribution in [0.15, 0.2) is 36.5 Å². The van der Waals surface area contributed by atoms with Gasteiger partial charge < -0.3 is 10.2 Å². The molecule has 16 heavy (non-hydrogen) atoms. The van der Waals surface area contributed by atoms with Crippen LogP contribution in [0.1, 0.15) is 17.4 Å². The lowest BCUT2D eigenvalue weighted by molar-refractivity contribution is 0.150. The third kappa shape index (κ3) is 2.44. The van der Waals surface area contributed by atoms with Gasteiger partial charge in [0.05, 0.1) is 25.5 Å². The fraction of sp³-hybridized carbons (Fsp3) is 0.273. The van der Waals surface area contributed by atoms with Crippen molar-refractivity contribution in [1.29, 1.82) is 0 Å². The molecule has 0 aliphatic heterocycles. The Hall–Kier alpha value is -1.72. The molecule has 0 aliphatic rings. The molecule has 0 aliphatic carbocycles. The van der Waals surface area contributed by atoms with E-state index in [1.807, 2.05) is 30.3 Å². The standard InChI is InChI=1S/C11H13N3O2/c15-8-10-6-14(13-12-10)7-11(16)9-4-2-1-3-5-9/h1-6,11,15-16H,7-8H2/t11-/m0/s1. The van der Waals surface area contributed by atoms with Crippen LogP contribution in [0, 0.1) is 0 Å². The number of aliphatic hydroxyl groups is 2. The first-order valence-electron chi connectivity index (χ1n) is 5.02. The summed E-state index contributed by atoms with van der Waals surface area (Å²) in [6.45, 7) is 0.193. The van der Waals surface area contributed by atoms with Crippen molar-refractivity contribution >= 4 is 0 Å². The molecule has 0 unspecified atom stereocenters. The maximum absolute atomic E-state index is 9.90. The lowest BCUT2D eigenvalue weighted by Gasteiger charge is -2.09. The predicted molar refractivity (Wildman–Crippen MR) is 57.3 cm³/mol. The Kier molecular flexibility index (Phi) is 3.28. The molecule has 2 N–H and O–H groups in total. The van der Waals surface area contributed by atoms with Gasteiger partial charge in [0.15, 0.2) is 0 Å². The molecule has 5 nitrogen and oxygen atoms in total. The molecule has 1 aromatic heterocycles. The summed E-state index contributed by atoms with van der Waals surface area (Å²) in [7, 11) is 0. The van der Waals surface area contributed by atoms with Crippen LogP contribution in [0.25, 0.3) is 0 Å². The molecule has 1 heterocycles. The lowest BCUT2D eigenvalue weighted by atomic mass is 10.1. The smallest absolute Gasteiger partial charge is 0.108 e. The minimum atomic E-state index is -0.616. The maximum atomic E-state index is 9.90. The molecule has 0 radical (unpaired) electrons. The van der Waals surface area contributed by atoms with Gasteiger partial charge in [-0.05, 0) is 5.56 Å². The molecule has 84 valence electrons. The largest absolute Gasteiger partial charge is 0.390 e. The molecule has 5 heteroatoms. The van der Waals surface area contributed by atoms with Crippen molar-refractivity contribution in [2.45, 2.75) is 19.3 Å². The van der Waals surface area contributed by atoms with Crippen molar-refractivity contribution in [1.82, 2.24) is 15.0 Å². The first kappa shape index (κ1) is 10.8. The summed E-state index contributed by atoms with van der Waals surface area (Å²) < 4.78 is 1.52. The molecule has 0 saturated carbocycles. The van der Waals surface area contributed by atoms with E-state index in [0.29, 0.717) is 12.2 Å². The summed E-state index contributed by atoms with van der Waals surface area (Å²) in [5.74, 6) is 0. The number of hydrogen-bond donors (Lipinski definition) is 2. The van der Waals surface area contributed by atoms with Gasteiger partial charge in [-0.2, -0.15) is 0 Å². The van der Waals surface area contributed by atoms with Gasteiger partial charge in [-0.1, -0.05) is 35.5 Å². The SMILES string of the molecule is OCc1cn(C[C@H](O)c2ccccc2)nn1. The Balaban J connectivity index is 2.05. The minimum absolute atomic E-state index is 0.137. The van der Waals surface area contributed by atoms with Gasteiger partial charge in [0, 0.05) is 0 Å². The molecule has 0 spiro atoms. The van der Waals surface area contributed by atoms with Crippen LogP contribution in [-0.4, -0.2) is 25.2 Å². The number of aliphatic hydroxyl groups excluding tert-OH is 2. The Morgan fingerprint density at radius 2 is 2.00 bits per heavy atom. The Morgan fingerprint density at radius 1 is 1.25 bits per heavy atom. The van der Waals surface area contributed by atoms with Crippen molar-refractivity contribution in [3.8, 4) is 0 Å². The fourth-order valence-electron chi connectivity index (χ4n) is 1.46. The van der Waals surface area contributed by atoms with Crippen LogP contribution in [0.2, 0.25) is 0 Å². The number of rotatable bonds is 4. The summed E-state index contributed by atoms with van der Waals surface area (Å²) in [4.78, 5) is 0. The van der Waals surface area contributed by atoms with E-state index in [0.717, 1.165) is 5.56 Å². The third-order valence-electron chi connectivity index (χ3n) is 2.29. The van der Waals surface area contributed by atoms with Crippen molar-refractivity contribution in [2.24, 2.45) is 0 Å². The molecule has 0 fully saturated rings. The highest BCUT2D eigenvalue weighted by Crippen LogP contribution is 2.13. The molecular formula is C11H13N3O2. The van der Waals surface area contributed by atoms with E-state index < -0.39 is 6.10 Å². The van der Waals surface area contributed by atoms with Gasteiger partial charge in [0.25, 0.3) is 0 Å². The van der Waals surface area contributed by atoms with E-state index in [4.69, 9.17) is 5.11 Å².